The van der Waals surface area contributed by atoms with Gasteiger partial charge >= 0.3 is 0 Å². The second-order valence-electron chi connectivity index (χ2n) is 5.21. The molecule has 0 bridgehead atoms. The minimum absolute atomic E-state index is 0. The number of nitrogens with zero attached hydrogens (tertiary/aromatic N) is 1. The van der Waals surface area contributed by atoms with Crippen molar-refractivity contribution in [2.24, 2.45) is 0 Å². The third kappa shape index (κ3) is 3.71. The van der Waals surface area contributed by atoms with Gasteiger partial charge in [-0.1, -0.05) is 18.2 Å². The normalized spacial score (nSPS) is 17.5. The molecule has 1 N–H and O–H groups in total. The first kappa shape index (κ1) is 15.5. The number of halogens is 1. The van der Waals surface area contributed by atoms with Gasteiger partial charge in [-0.2, -0.15) is 0 Å². The molecular weight excluding hydrogens is 244 g/mol. The smallest absolute Gasteiger partial charge is 0.0239 e. The lowest BCUT2D eigenvalue weighted by Crippen LogP contribution is -2.40. The molecule has 1 aromatic carbocycles. The molecule has 3 heteroatoms. The van der Waals surface area contributed by atoms with Crippen LogP contribution < -0.4 is 5.32 Å². The third-order valence-corrected chi connectivity index (χ3v) is 4.02. The zero-order chi connectivity index (χ0) is 12.3. The van der Waals surface area contributed by atoms with Gasteiger partial charge in [-0.05, 0) is 63.5 Å². The Morgan fingerprint density at radius 2 is 1.72 bits per heavy atom. The molecule has 1 saturated heterocycles. The van der Waals surface area contributed by atoms with E-state index in [1.54, 1.807) is 0 Å². The lowest BCUT2D eigenvalue weighted by Gasteiger charge is -2.32. The molecule has 102 valence electrons. The second-order valence-corrected chi connectivity index (χ2v) is 5.21. The van der Waals surface area contributed by atoms with Crippen LogP contribution in [0.15, 0.2) is 18.2 Å². The molecule has 1 aliphatic rings. The van der Waals surface area contributed by atoms with E-state index in [2.05, 4.69) is 49.3 Å². The quantitative estimate of drug-likeness (QED) is 0.907. The maximum absolute atomic E-state index is 3.38. The van der Waals surface area contributed by atoms with Crippen molar-refractivity contribution in [2.75, 3.05) is 20.1 Å². The molecule has 0 amide bonds. The highest BCUT2D eigenvalue weighted by Crippen LogP contribution is 2.18. The molecule has 0 unspecified atom stereocenters. The van der Waals surface area contributed by atoms with Crippen LogP contribution in [0.3, 0.4) is 0 Å². The molecule has 2 nitrogen and oxygen atoms in total. The van der Waals surface area contributed by atoms with E-state index in [0.717, 1.165) is 12.6 Å². The molecule has 18 heavy (non-hydrogen) atoms. The number of rotatable bonds is 3. The van der Waals surface area contributed by atoms with E-state index in [9.17, 15) is 0 Å². The molecule has 1 aromatic rings. The summed E-state index contributed by atoms with van der Waals surface area (Å²) in [4.78, 5) is 2.59. The Balaban J connectivity index is 0.00000162. The standard InChI is InChI=1S/C15H24N2.ClH/c1-12-5-4-6-13(2)15(12)11-17-9-7-14(16-3)8-10-17;/h4-6,14,16H,7-11H2,1-3H3;1H. The van der Waals surface area contributed by atoms with Crippen LogP contribution in [0.1, 0.15) is 29.5 Å². The van der Waals surface area contributed by atoms with Crippen molar-refractivity contribution in [1.82, 2.24) is 10.2 Å². The van der Waals surface area contributed by atoms with E-state index in [1.165, 1.54) is 42.6 Å². The molecule has 0 aromatic heterocycles. The van der Waals surface area contributed by atoms with Crippen LogP contribution in [0.5, 0.6) is 0 Å². The molecule has 1 heterocycles. The van der Waals surface area contributed by atoms with Crippen molar-refractivity contribution in [3.63, 3.8) is 0 Å². The fraction of sp³-hybridized carbons (Fsp3) is 0.600. The van der Waals surface area contributed by atoms with Gasteiger partial charge in [0.15, 0.2) is 0 Å². The van der Waals surface area contributed by atoms with Crippen molar-refractivity contribution in [2.45, 2.75) is 39.3 Å². The van der Waals surface area contributed by atoms with Gasteiger partial charge in [0.25, 0.3) is 0 Å². The maximum Gasteiger partial charge on any atom is 0.0239 e. The van der Waals surface area contributed by atoms with Gasteiger partial charge in [0, 0.05) is 12.6 Å². The first-order valence-electron chi connectivity index (χ1n) is 6.65. The number of aryl methyl sites for hydroxylation is 2. The maximum atomic E-state index is 3.38. The first-order chi connectivity index (χ1) is 8.20. The van der Waals surface area contributed by atoms with Crippen LogP contribution in [-0.2, 0) is 6.54 Å². The highest BCUT2D eigenvalue weighted by molar-refractivity contribution is 5.85. The number of likely N-dealkylation sites (tertiary alicyclic amines) is 1. The predicted molar refractivity (Wildman–Crippen MR) is 80.5 cm³/mol. The molecule has 0 aliphatic carbocycles. The summed E-state index contributed by atoms with van der Waals surface area (Å²) in [7, 11) is 2.08. The van der Waals surface area contributed by atoms with Gasteiger partial charge in [-0.3, -0.25) is 4.90 Å². The third-order valence-electron chi connectivity index (χ3n) is 4.02. The lowest BCUT2D eigenvalue weighted by atomic mass is 10.00. The van der Waals surface area contributed by atoms with E-state index >= 15 is 0 Å². The van der Waals surface area contributed by atoms with Crippen molar-refractivity contribution < 1.29 is 0 Å². The van der Waals surface area contributed by atoms with Crippen LogP contribution in [0.25, 0.3) is 0 Å². The molecular formula is C15H25ClN2. The van der Waals surface area contributed by atoms with E-state index in [1.807, 2.05) is 0 Å². The van der Waals surface area contributed by atoms with Gasteiger partial charge < -0.3 is 5.32 Å². The summed E-state index contributed by atoms with van der Waals surface area (Å²) in [6, 6.07) is 7.33. The summed E-state index contributed by atoms with van der Waals surface area (Å²) < 4.78 is 0. The topological polar surface area (TPSA) is 15.3 Å². The monoisotopic (exact) mass is 268 g/mol. The Morgan fingerprint density at radius 3 is 2.22 bits per heavy atom. The van der Waals surface area contributed by atoms with E-state index < -0.39 is 0 Å². The largest absolute Gasteiger partial charge is 0.317 e. The number of hydrogen-bond acceptors (Lipinski definition) is 2. The molecule has 1 fully saturated rings. The van der Waals surface area contributed by atoms with Crippen molar-refractivity contribution >= 4 is 12.4 Å². The van der Waals surface area contributed by atoms with E-state index in [4.69, 9.17) is 0 Å². The minimum atomic E-state index is 0. The Kier molecular flexibility index (Phi) is 6.13. The Morgan fingerprint density at radius 1 is 1.17 bits per heavy atom. The average molecular weight is 269 g/mol. The van der Waals surface area contributed by atoms with Gasteiger partial charge in [-0.25, -0.2) is 0 Å². The molecule has 0 spiro atoms. The fourth-order valence-corrected chi connectivity index (χ4v) is 2.70. The van der Waals surface area contributed by atoms with Crippen LogP contribution in [0.4, 0.5) is 0 Å². The zero-order valence-corrected chi connectivity index (χ0v) is 12.5. The van der Waals surface area contributed by atoms with Crippen LogP contribution in [-0.4, -0.2) is 31.1 Å². The van der Waals surface area contributed by atoms with Gasteiger partial charge in [0.1, 0.15) is 0 Å². The summed E-state index contributed by atoms with van der Waals surface area (Å²) in [6.45, 7) is 8.01. The van der Waals surface area contributed by atoms with Crippen LogP contribution in [0.2, 0.25) is 0 Å². The Hall–Kier alpha value is -0.570. The van der Waals surface area contributed by atoms with E-state index in [0.29, 0.717) is 0 Å². The fourth-order valence-electron chi connectivity index (χ4n) is 2.70. The lowest BCUT2D eigenvalue weighted by molar-refractivity contribution is 0.194. The highest BCUT2D eigenvalue weighted by Gasteiger charge is 2.18. The summed E-state index contributed by atoms with van der Waals surface area (Å²) in [5, 5.41) is 3.38. The SMILES string of the molecule is CNC1CCN(Cc2c(C)cccc2C)CC1.Cl. The molecule has 0 saturated carbocycles. The summed E-state index contributed by atoms with van der Waals surface area (Å²) in [5.41, 5.74) is 4.39. The van der Waals surface area contributed by atoms with Gasteiger partial charge in [0.05, 0.1) is 0 Å². The summed E-state index contributed by atoms with van der Waals surface area (Å²) in [5.74, 6) is 0. The Bertz CT molecular complexity index is 351. The predicted octanol–water partition coefficient (Wildman–Crippen LogP) is 2.91. The minimum Gasteiger partial charge on any atom is -0.317 e. The number of hydrogen-bond donors (Lipinski definition) is 1. The number of benzene rings is 1. The van der Waals surface area contributed by atoms with E-state index in [-0.39, 0.29) is 12.4 Å². The molecule has 1 aliphatic heterocycles. The number of nitrogens with one attached hydrogen (secondary N) is 1. The molecule has 2 rings (SSSR count). The Labute approximate surface area is 117 Å². The molecule has 0 atom stereocenters. The summed E-state index contributed by atoms with van der Waals surface area (Å²) in [6.07, 6.45) is 2.56. The number of piperidine rings is 1. The van der Waals surface area contributed by atoms with Crippen molar-refractivity contribution in [3.05, 3.63) is 34.9 Å². The highest BCUT2D eigenvalue weighted by atomic mass is 35.5. The van der Waals surface area contributed by atoms with Gasteiger partial charge in [0.2, 0.25) is 0 Å². The van der Waals surface area contributed by atoms with Gasteiger partial charge in [-0.15, -0.1) is 12.4 Å². The first-order valence-corrected chi connectivity index (χ1v) is 6.65. The van der Waals surface area contributed by atoms with Crippen molar-refractivity contribution in [3.8, 4) is 0 Å². The van der Waals surface area contributed by atoms with Crippen molar-refractivity contribution in [1.29, 1.82) is 0 Å². The average Bonchev–Trinajstić information content (AvgIpc) is 2.35. The van der Waals surface area contributed by atoms with Crippen LogP contribution in [0, 0.1) is 13.8 Å². The van der Waals surface area contributed by atoms with Crippen LogP contribution >= 0.6 is 12.4 Å². The second kappa shape index (κ2) is 7.13. The zero-order valence-electron chi connectivity index (χ0n) is 11.7. The molecule has 0 radical (unpaired) electrons. The summed E-state index contributed by atoms with van der Waals surface area (Å²) >= 11 is 0.